The van der Waals surface area contributed by atoms with Crippen LogP contribution in [0.2, 0.25) is 0 Å². The van der Waals surface area contributed by atoms with E-state index < -0.39 is 5.97 Å². The van der Waals surface area contributed by atoms with Gasteiger partial charge in [0.1, 0.15) is 17.7 Å². The molecule has 0 saturated heterocycles. The number of nitriles is 2. The second kappa shape index (κ2) is 4.63. The van der Waals surface area contributed by atoms with E-state index in [9.17, 15) is 9.90 Å². The summed E-state index contributed by atoms with van der Waals surface area (Å²) >= 11 is 0. The topological polar surface area (TPSA) is 84.9 Å². The third kappa shape index (κ3) is 1.79. The standard InChI is InChI=1S/C17H8N2O2/c18-8-11(9-19)16-14(17(20)21)6-5-13-12-4-2-1-3-10(12)7-15(13)16/h1-7H,(H,20,21). The monoisotopic (exact) mass is 272 g/mol. The molecule has 98 valence electrons. The summed E-state index contributed by atoms with van der Waals surface area (Å²) in [6.07, 6.45) is 1.82. The number of hydrogen-bond acceptors (Lipinski definition) is 3. The van der Waals surface area contributed by atoms with Crippen molar-refractivity contribution >= 4 is 17.6 Å². The largest absolute Gasteiger partial charge is 0.478 e. The SMILES string of the molecule is N#CC(C#N)=c1c(C(=O)O)ccc2c1=Cc1ccccc1-2. The Hall–Kier alpha value is -3.37. The number of rotatable bonds is 1. The normalized spacial score (nSPS) is 10.6. The van der Waals surface area contributed by atoms with Crippen LogP contribution in [0.15, 0.2) is 36.4 Å². The first-order chi connectivity index (χ1) is 10.2. The molecule has 2 aromatic rings. The molecule has 1 aliphatic rings. The zero-order valence-electron chi connectivity index (χ0n) is 10.8. The fourth-order valence-electron chi connectivity index (χ4n) is 2.61. The van der Waals surface area contributed by atoms with Crippen molar-refractivity contribution in [3.05, 3.63) is 58.0 Å². The fraction of sp³-hybridized carbons (Fsp3) is 0. The number of nitrogens with zero attached hydrogens (tertiary/aromatic N) is 2. The zero-order valence-corrected chi connectivity index (χ0v) is 10.8. The Balaban J connectivity index is 2.57. The number of fused-ring (bicyclic) bond motifs is 3. The minimum absolute atomic E-state index is 0.0316. The van der Waals surface area contributed by atoms with E-state index in [0.717, 1.165) is 16.7 Å². The molecule has 0 heterocycles. The van der Waals surface area contributed by atoms with Crippen LogP contribution in [-0.2, 0) is 0 Å². The number of benzene rings is 2. The third-order valence-corrected chi connectivity index (χ3v) is 3.50. The molecule has 3 rings (SSSR count). The zero-order chi connectivity index (χ0) is 15.0. The van der Waals surface area contributed by atoms with Gasteiger partial charge < -0.3 is 5.11 Å². The van der Waals surface area contributed by atoms with Crippen molar-refractivity contribution < 1.29 is 9.90 Å². The maximum absolute atomic E-state index is 11.4. The lowest BCUT2D eigenvalue weighted by Gasteiger charge is -2.03. The molecule has 0 aromatic heterocycles. The van der Waals surface area contributed by atoms with Crippen molar-refractivity contribution in [3.8, 4) is 23.3 Å². The Morgan fingerprint density at radius 1 is 1.00 bits per heavy atom. The van der Waals surface area contributed by atoms with E-state index in [1.807, 2.05) is 30.3 Å². The average Bonchev–Trinajstić information content (AvgIpc) is 2.87. The molecule has 0 spiro atoms. The molecule has 1 N–H and O–H groups in total. The molecular formula is C17H8N2O2. The molecule has 0 bridgehead atoms. The van der Waals surface area contributed by atoms with Gasteiger partial charge in [0.2, 0.25) is 0 Å². The minimum Gasteiger partial charge on any atom is -0.478 e. The Morgan fingerprint density at radius 2 is 1.71 bits per heavy atom. The van der Waals surface area contributed by atoms with Gasteiger partial charge in [-0.15, -0.1) is 0 Å². The van der Waals surface area contributed by atoms with E-state index >= 15 is 0 Å². The van der Waals surface area contributed by atoms with Crippen LogP contribution in [0.5, 0.6) is 0 Å². The Bertz CT molecular complexity index is 973. The minimum atomic E-state index is -1.15. The summed E-state index contributed by atoms with van der Waals surface area (Å²) in [7, 11) is 0. The van der Waals surface area contributed by atoms with Gasteiger partial charge in [-0.05, 0) is 34.1 Å². The van der Waals surface area contributed by atoms with E-state index in [1.165, 1.54) is 6.07 Å². The Morgan fingerprint density at radius 3 is 2.38 bits per heavy atom. The molecule has 0 radical (unpaired) electrons. The average molecular weight is 272 g/mol. The molecule has 0 fully saturated rings. The maximum atomic E-state index is 11.4. The van der Waals surface area contributed by atoms with Gasteiger partial charge in [-0.2, -0.15) is 10.5 Å². The number of hydrogen-bond donors (Lipinski definition) is 1. The molecule has 1 aliphatic carbocycles. The Labute approximate surface area is 120 Å². The van der Waals surface area contributed by atoms with E-state index in [1.54, 1.807) is 18.2 Å². The highest BCUT2D eigenvalue weighted by molar-refractivity contribution is 5.94. The van der Waals surface area contributed by atoms with Crippen molar-refractivity contribution in [1.29, 1.82) is 10.5 Å². The summed E-state index contributed by atoms with van der Waals surface area (Å²) in [5.74, 6) is -1.15. The molecule has 0 amide bonds. The van der Waals surface area contributed by atoms with E-state index in [4.69, 9.17) is 10.5 Å². The quantitative estimate of drug-likeness (QED) is 0.725. The molecule has 0 aliphatic heterocycles. The van der Waals surface area contributed by atoms with Gasteiger partial charge in [0.25, 0.3) is 0 Å². The highest BCUT2D eigenvalue weighted by Gasteiger charge is 2.18. The van der Waals surface area contributed by atoms with Gasteiger partial charge >= 0.3 is 5.97 Å². The van der Waals surface area contributed by atoms with Crippen LogP contribution in [0.25, 0.3) is 22.8 Å². The number of carboxylic acids is 1. The van der Waals surface area contributed by atoms with E-state index in [-0.39, 0.29) is 16.4 Å². The summed E-state index contributed by atoms with van der Waals surface area (Å²) in [6.45, 7) is 0. The van der Waals surface area contributed by atoms with Crippen LogP contribution in [0.1, 0.15) is 15.9 Å². The lowest BCUT2D eigenvalue weighted by atomic mass is 10.00. The first-order valence-corrected chi connectivity index (χ1v) is 6.19. The summed E-state index contributed by atoms with van der Waals surface area (Å²) < 4.78 is 0. The van der Waals surface area contributed by atoms with Crippen molar-refractivity contribution in [3.63, 3.8) is 0 Å². The lowest BCUT2D eigenvalue weighted by molar-refractivity contribution is 0.0695. The predicted octanol–water partition coefficient (Wildman–Crippen LogP) is 1.39. The first kappa shape index (κ1) is 12.7. The third-order valence-electron chi connectivity index (χ3n) is 3.50. The maximum Gasteiger partial charge on any atom is 0.336 e. The van der Waals surface area contributed by atoms with Gasteiger partial charge in [-0.1, -0.05) is 30.3 Å². The van der Waals surface area contributed by atoms with Crippen LogP contribution in [0, 0.1) is 22.7 Å². The second-order valence-corrected chi connectivity index (χ2v) is 4.58. The van der Waals surface area contributed by atoms with Crippen LogP contribution in [0.4, 0.5) is 0 Å². The van der Waals surface area contributed by atoms with Crippen molar-refractivity contribution in [2.45, 2.75) is 0 Å². The summed E-state index contributed by atoms with van der Waals surface area (Å²) in [5.41, 5.74) is 2.55. The van der Waals surface area contributed by atoms with Crippen molar-refractivity contribution in [1.82, 2.24) is 0 Å². The lowest BCUT2D eigenvalue weighted by Crippen LogP contribution is -2.33. The smallest absolute Gasteiger partial charge is 0.336 e. The van der Waals surface area contributed by atoms with Gasteiger partial charge in [0.15, 0.2) is 0 Å². The van der Waals surface area contributed by atoms with Gasteiger partial charge in [-0.25, -0.2) is 4.79 Å². The van der Waals surface area contributed by atoms with Crippen LogP contribution >= 0.6 is 0 Å². The highest BCUT2D eigenvalue weighted by atomic mass is 16.4. The van der Waals surface area contributed by atoms with Gasteiger partial charge in [-0.3, -0.25) is 0 Å². The van der Waals surface area contributed by atoms with E-state index in [2.05, 4.69) is 0 Å². The number of carbonyl (C=O) groups is 1. The van der Waals surface area contributed by atoms with Crippen molar-refractivity contribution in [2.24, 2.45) is 0 Å². The second-order valence-electron chi connectivity index (χ2n) is 4.58. The van der Waals surface area contributed by atoms with Crippen LogP contribution < -0.4 is 10.4 Å². The van der Waals surface area contributed by atoms with Crippen molar-refractivity contribution in [2.75, 3.05) is 0 Å². The van der Waals surface area contributed by atoms with E-state index in [0.29, 0.717) is 5.22 Å². The molecule has 2 aromatic carbocycles. The fourth-order valence-corrected chi connectivity index (χ4v) is 2.61. The molecule has 21 heavy (non-hydrogen) atoms. The molecule has 0 saturated carbocycles. The first-order valence-electron chi connectivity index (χ1n) is 6.19. The van der Waals surface area contributed by atoms with Crippen LogP contribution in [0.3, 0.4) is 0 Å². The molecule has 4 heteroatoms. The Kier molecular flexibility index (Phi) is 2.79. The van der Waals surface area contributed by atoms with Gasteiger partial charge in [0, 0.05) is 5.22 Å². The van der Waals surface area contributed by atoms with Crippen LogP contribution in [-0.4, -0.2) is 11.1 Å². The summed E-state index contributed by atoms with van der Waals surface area (Å²) in [4.78, 5) is 11.4. The predicted molar refractivity (Wildman–Crippen MR) is 76.3 cm³/mol. The van der Waals surface area contributed by atoms with Gasteiger partial charge in [0.05, 0.1) is 5.56 Å². The molecule has 0 unspecified atom stereocenters. The highest BCUT2D eigenvalue weighted by Crippen LogP contribution is 2.25. The molecular weight excluding hydrogens is 264 g/mol. The number of aromatic carboxylic acids is 1. The summed E-state index contributed by atoms with van der Waals surface area (Å²) in [5, 5.41) is 28.4. The summed E-state index contributed by atoms with van der Waals surface area (Å²) in [6, 6.07) is 14.4. The molecule has 4 nitrogen and oxygen atoms in total. The number of carboxylic acid groups (broad SMARTS) is 1. The molecule has 0 atom stereocenters.